The normalized spacial score (nSPS) is 11.0. The number of carbonyl (C=O) groups is 1. The number of rotatable bonds is 5. The average Bonchev–Trinajstić information content (AvgIpc) is 2.67. The average molecular weight is 434 g/mol. The molecular formula is C20H17ClFN3O3S. The van der Waals surface area contributed by atoms with Crippen LogP contribution < -0.4 is 15.4 Å². The second kappa shape index (κ2) is 8.50. The minimum absolute atomic E-state index is 0.00357. The van der Waals surface area contributed by atoms with Gasteiger partial charge >= 0.3 is 6.03 Å². The van der Waals surface area contributed by atoms with Crippen LogP contribution in [0.5, 0.6) is 0 Å². The fourth-order valence-electron chi connectivity index (χ4n) is 2.54. The van der Waals surface area contributed by atoms with Crippen molar-refractivity contribution in [1.82, 2.24) is 0 Å². The van der Waals surface area contributed by atoms with E-state index in [1.165, 1.54) is 24.3 Å². The second-order valence-electron chi connectivity index (χ2n) is 6.15. The summed E-state index contributed by atoms with van der Waals surface area (Å²) in [5, 5.41) is 5.36. The number of urea groups is 1. The molecule has 0 heterocycles. The number of amides is 2. The van der Waals surface area contributed by atoms with Crippen LogP contribution in [0.25, 0.3) is 0 Å². The first kappa shape index (κ1) is 20.6. The van der Waals surface area contributed by atoms with Gasteiger partial charge in [-0.1, -0.05) is 29.8 Å². The number of carbonyl (C=O) groups excluding carboxylic acids is 1. The Kier molecular flexibility index (Phi) is 6.05. The number of para-hydroxylation sites is 1. The van der Waals surface area contributed by atoms with E-state index in [1.54, 1.807) is 49.4 Å². The molecule has 29 heavy (non-hydrogen) atoms. The van der Waals surface area contributed by atoms with Gasteiger partial charge in [0.2, 0.25) is 0 Å². The number of benzene rings is 3. The summed E-state index contributed by atoms with van der Waals surface area (Å²) in [6, 6.07) is 15.7. The molecule has 0 atom stereocenters. The van der Waals surface area contributed by atoms with Gasteiger partial charge in [0.25, 0.3) is 10.0 Å². The van der Waals surface area contributed by atoms with E-state index < -0.39 is 21.9 Å². The minimum atomic E-state index is -3.91. The number of anilines is 3. The number of sulfonamides is 1. The van der Waals surface area contributed by atoms with Gasteiger partial charge in [-0.05, 0) is 61.0 Å². The van der Waals surface area contributed by atoms with Crippen LogP contribution in [0.3, 0.4) is 0 Å². The summed E-state index contributed by atoms with van der Waals surface area (Å²) in [6.45, 7) is 1.64. The van der Waals surface area contributed by atoms with Crippen LogP contribution in [0.15, 0.2) is 71.6 Å². The molecule has 0 fully saturated rings. The van der Waals surface area contributed by atoms with Crippen molar-refractivity contribution in [3.63, 3.8) is 0 Å². The summed E-state index contributed by atoms with van der Waals surface area (Å²) >= 11 is 5.82. The van der Waals surface area contributed by atoms with Crippen LogP contribution >= 0.6 is 11.6 Å². The molecule has 6 nitrogen and oxygen atoms in total. The molecule has 0 saturated heterocycles. The molecule has 0 aliphatic carbocycles. The molecule has 9 heteroatoms. The monoisotopic (exact) mass is 433 g/mol. The van der Waals surface area contributed by atoms with Crippen molar-refractivity contribution in [3.8, 4) is 0 Å². The maximum atomic E-state index is 13.7. The Morgan fingerprint density at radius 3 is 2.28 bits per heavy atom. The highest BCUT2D eigenvalue weighted by Crippen LogP contribution is 2.24. The molecule has 0 radical (unpaired) electrons. The zero-order valence-electron chi connectivity index (χ0n) is 15.2. The van der Waals surface area contributed by atoms with Gasteiger partial charge in [-0.15, -0.1) is 0 Å². The second-order valence-corrected chi connectivity index (χ2v) is 8.24. The number of nitrogens with one attached hydrogen (secondary N) is 3. The molecule has 3 aromatic carbocycles. The molecule has 0 aromatic heterocycles. The summed E-state index contributed by atoms with van der Waals surface area (Å²) in [6.07, 6.45) is 0. The molecule has 0 aliphatic rings. The summed E-state index contributed by atoms with van der Waals surface area (Å²) < 4.78 is 41.6. The first-order valence-corrected chi connectivity index (χ1v) is 10.3. The number of halogens is 2. The van der Waals surface area contributed by atoms with Crippen molar-refractivity contribution in [2.75, 3.05) is 15.4 Å². The van der Waals surface area contributed by atoms with Gasteiger partial charge in [0, 0.05) is 16.4 Å². The summed E-state index contributed by atoms with van der Waals surface area (Å²) in [5.41, 5.74) is 1.09. The largest absolute Gasteiger partial charge is 0.323 e. The fraction of sp³-hybridized carbons (Fsp3) is 0.0500. The quantitative estimate of drug-likeness (QED) is 0.514. The molecule has 0 spiro atoms. The molecule has 0 bridgehead atoms. The van der Waals surface area contributed by atoms with Gasteiger partial charge in [-0.3, -0.25) is 4.72 Å². The van der Waals surface area contributed by atoms with E-state index in [-0.39, 0.29) is 16.3 Å². The Bertz CT molecular complexity index is 1150. The van der Waals surface area contributed by atoms with Crippen LogP contribution in [0.4, 0.5) is 26.2 Å². The molecule has 3 aromatic rings. The molecular weight excluding hydrogens is 417 g/mol. The molecule has 0 saturated carbocycles. The highest BCUT2D eigenvalue weighted by atomic mass is 35.5. The van der Waals surface area contributed by atoms with Crippen LogP contribution in [0.1, 0.15) is 5.56 Å². The maximum Gasteiger partial charge on any atom is 0.323 e. The van der Waals surface area contributed by atoms with E-state index in [0.717, 1.165) is 0 Å². The third-order valence-corrected chi connectivity index (χ3v) is 5.73. The van der Waals surface area contributed by atoms with Gasteiger partial charge in [0.1, 0.15) is 5.82 Å². The number of hydrogen-bond donors (Lipinski definition) is 3. The van der Waals surface area contributed by atoms with Gasteiger partial charge in [-0.2, -0.15) is 0 Å². The molecule has 0 aliphatic heterocycles. The predicted octanol–water partition coefficient (Wildman–Crippen LogP) is 5.23. The Hall–Kier alpha value is -3.10. The van der Waals surface area contributed by atoms with E-state index in [4.69, 9.17) is 11.6 Å². The van der Waals surface area contributed by atoms with Gasteiger partial charge in [0.05, 0.1) is 10.6 Å². The van der Waals surface area contributed by atoms with E-state index in [9.17, 15) is 17.6 Å². The molecule has 3 rings (SSSR count). The lowest BCUT2D eigenvalue weighted by molar-refractivity contribution is 0.262. The standard InChI is InChI=1S/C20H17ClFN3O3S/c1-13-6-9-16(23-20(26)24-18-5-3-2-4-17(18)22)12-19(13)29(27,28)25-15-10-7-14(21)8-11-15/h2-12,25H,1H3,(H2,23,24,26). The topological polar surface area (TPSA) is 87.3 Å². The zero-order chi connectivity index (χ0) is 21.0. The number of hydrogen-bond acceptors (Lipinski definition) is 3. The predicted molar refractivity (Wildman–Crippen MR) is 112 cm³/mol. The summed E-state index contributed by atoms with van der Waals surface area (Å²) in [5.74, 6) is -0.581. The van der Waals surface area contributed by atoms with Gasteiger partial charge < -0.3 is 10.6 Å². The summed E-state index contributed by atoms with van der Waals surface area (Å²) in [4.78, 5) is 12.1. The third kappa shape index (κ3) is 5.24. The Morgan fingerprint density at radius 2 is 1.59 bits per heavy atom. The highest BCUT2D eigenvalue weighted by molar-refractivity contribution is 7.92. The van der Waals surface area contributed by atoms with Crippen molar-refractivity contribution < 1.29 is 17.6 Å². The molecule has 2 amide bonds. The lowest BCUT2D eigenvalue weighted by Crippen LogP contribution is -2.21. The highest BCUT2D eigenvalue weighted by Gasteiger charge is 2.18. The van der Waals surface area contributed by atoms with E-state index >= 15 is 0 Å². The third-order valence-electron chi connectivity index (χ3n) is 3.95. The SMILES string of the molecule is Cc1ccc(NC(=O)Nc2ccccc2F)cc1S(=O)(=O)Nc1ccc(Cl)cc1. The molecule has 150 valence electrons. The Morgan fingerprint density at radius 1 is 0.931 bits per heavy atom. The minimum Gasteiger partial charge on any atom is -0.308 e. The number of aryl methyl sites for hydroxylation is 1. The fourth-order valence-corrected chi connectivity index (χ4v) is 4.00. The summed E-state index contributed by atoms with van der Waals surface area (Å²) in [7, 11) is -3.91. The van der Waals surface area contributed by atoms with Crippen molar-refractivity contribution >= 4 is 44.7 Å². The lowest BCUT2D eigenvalue weighted by atomic mass is 10.2. The first-order valence-electron chi connectivity index (χ1n) is 8.46. The first-order chi connectivity index (χ1) is 13.7. The van der Waals surface area contributed by atoms with Crippen molar-refractivity contribution in [3.05, 3.63) is 83.1 Å². The Balaban J connectivity index is 1.79. The van der Waals surface area contributed by atoms with Gasteiger partial charge in [0.15, 0.2) is 0 Å². The van der Waals surface area contributed by atoms with Crippen LogP contribution in [-0.4, -0.2) is 14.4 Å². The van der Waals surface area contributed by atoms with Crippen molar-refractivity contribution in [2.45, 2.75) is 11.8 Å². The Labute approximate surface area is 172 Å². The lowest BCUT2D eigenvalue weighted by Gasteiger charge is -2.13. The van der Waals surface area contributed by atoms with Crippen LogP contribution in [0.2, 0.25) is 5.02 Å². The van der Waals surface area contributed by atoms with Crippen LogP contribution in [0, 0.1) is 12.7 Å². The van der Waals surface area contributed by atoms with Gasteiger partial charge in [-0.25, -0.2) is 17.6 Å². The van der Waals surface area contributed by atoms with E-state index in [2.05, 4.69) is 15.4 Å². The molecule has 3 N–H and O–H groups in total. The zero-order valence-corrected chi connectivity index (χ0v) is 16.8. The molecule has 0 unspecified atom stereocenters. The maximum absolute atomic E-state index is 13.7. The van der Waals surface area contributed by atoms with E-state index in [0.29, 0.717) is 16.3 Å². The van der Waals surface area contributed by atoms with Crippen LogP contribution in [-0.2, 0) is 10.0 Å². The smallest absolute Gasteiger partial charge is 0.308 e. The van der Waals surface area contributed by atoms with Crippen molar-refractivity contribution in [1.29, 1.82) is 0 Å². The van der Waals surface area contributed by atoms with E-state index in [1.807, 2.05) is 0 Å². The van der Waals surface area contributed by atoms with Crippen molar-refractivity contribution in [2.24, 2.45) is 0 Å².